The lowest BCUT2D eigenvalue weighted by Gasteiger charge is -2.19. The molecule has 0 radical (unpaired) electrons. The van der Waals surface area contributed by atoms with Crippen LogP contribution in [0, 0.1) is 0 Å². The average Bonchev–Trinajstić information content (AvgIpc) is 2.75. The fourth-order valence-electron chi connectivity index (χ4n) is 4.71. The lowest BCUT2D eigenvalue weighted by molar-refractivity contribution is 0.0635. The molecule has 0 unspecified atom stereocenters. The zero-order valence-corrected chi connectivity index (χ0v) is 16.0. The minimum absolute atomic E-state index is 0.0127. The first-order valence-corrected chi connectivity index (χ1v) is 9.36. The van der Waals surface area contributed by atoms with Crippen molar-refractivity contribution in [2.24, 2.45) is 0 Å². The minimum atomic E-state index is -1.68. The Bertz CT molecular complexity index is 1680. The third-order valence-corrected chi connectivity index (χ3v) is 5.81. The van der Waals surface area contributed by atoms with Gasteiger partial charge in [-0.05, 0) is 43.8 Å². The summed E-state index contributed by atoms with van der Waals surface area (Å²) in [4.78, 5) is 48.3. The van der Waals surface area contributed by atoms with Gasteiger partial charge in [0.1, 0.15) is 0 Å². The van der Waals surface area contributed by atoms with Crippen LogP contribution < -0.4 is 0 Å². The van der Waals surface area contributed by atoms with E-state index in [1.54, 1.807) is 30.3 Å². The first kappa shape index (κ1) is 19.3. The number of benzene rings is 5. The van der Waals surface area contributed by atoms with Crippen molar-refractivity contribution in [2.45, 2.75) is 0 Å². The summed E-state index contributed by atoms with van der Waals surface area (Å²) in [7, 11) is 0. The van der Waals surface area contributed by atoms with Crippen molar-refractivity contribution in [1.82, 2.24) is 0 Å². The van der Waals surface area contributed by atoms with Gasteiger partial charge in [-0.25, -0.2) is 19.2 Å². The van der Waals surface area contributed by atoms with Crippen LogP contribution in [-0.2, 0) is 0 Å². The molecule has 0 bridgehead atoms. The van der Waals surface area contributed by atoms with Crippen molar-refractivity contribution < 1.29 is 39.6 Å². The lowest BCUT2D eigenvalue weighted by Crippen LogP contribution is -2.16. The fourth-order valence-corrected chi connectivity index (χ4v) is 4.71. The van der Waals surface area contributed by atoms with Crippen LogP contribution in [0.2, 0.25) is 0 Å². The van der Waals surface area contributed by atoms with Gasteiger partial charge in [0, 0.05) is 5.39 Å². The van der Waals surface area contributed by atoms with Crippen LogP contribution in [0.15, 0.2) is 48.5 Å². The summed E-state index contributed by atoms with van der Waals surface area (Å²) < 4.78 is 0. The Hall–Kier alpha value is -4.72. The van der Waals surface area contributed by atoms with Crippen LogP contribution in [0.4, 0.5) is 0 Å². The predicted molar refractivity (Wildman–Crippen MR) is 115 cm³/mol. The molecule has 0 saturated carbocycles. The second-order valence-corrected chi connectivity index (χ2v) is 7.34. The second-order valence-electron chi connectivity index (χ2n) is 7.34. The standard InChI is InChI=1S/C24H12O8/c25-21(26)12-7-8-14-15-9(3-1-5-11(12)15)10-4-2-6-13-16(10)17(14)19(23(29)30)20(24(31)32)18(13)22(27)28/h1-8H,(H,25,26)(H,27,28)(H,29,30)(H,31,32). The molecule has 0 atom stereocenters. The molecule has 32 heavy (non-hydrogen) atoms. The van der Waals surface area contributed by atoms with E-state index in [1.807, 2.05) is 0 Å². The van der Waals surface area contributed by atoms with Gasteiger partial charge in [-0.2, -0.15) is 0 Å². The quantitative estimate of drug-likeness (QED) is 0.241. The predicted octanol–water partition coefficient (Wildman–Crippen LogP) is 4.53. The molecule has 5 aromatic carbocycles. The minimum Gasteiger partial charge on any atom is -0.478 e. The first-order valence-electron chi connectivity index (χ1n) is 9.36. The summed E-state index contributed by atoms with van der Waals surface area (Å²) >= 11 is 0. The molecule has 0 fully saturated rings. The van der Waals surface area contributed by atoms with Gasteiger partial charge in [-0.3, -0.25) is 0 Å². The van der Waals surface area contributed by atoms with Crippen molar-refractivity contribution >= 4 is 67.0 Å². The van der Waals surface area contributed by atoms with E-state index in [4.69, 9.17) is 0 Å². The maximum Gasteiger partial charge on any atom is 0.337 e. The van der Waals surface area contributed by atoms with E-state index in [0.717, 1.165) is 0 Å². The number of hydrogen-bond acceptors (Lipinski definition) is 4. The van der Waals surface area contributed by atoms with E-state index in [-0.39, 0.29) is 16.3 Å². The molecule has 0 aromatic heterocycles. The maximum absolute atomic E-state index is 12.3. The van der Waals surface area contributed by atoms with Gasteiger partial charge < -0.3 is 20.4 Å². The monoisotopic (exact) mass is 428 g/mol. The number of carboxylic acids is 4. The van der Waals surface area contributed by atoms with E-state index in [1.165, 1.54) is 18.2 Å². The van der Waals surface area contributed by atoms with Crippen LogP contribution in [0.1, 0.15) is 41.4 Å². The van der Waals surface area contributed by atoms with E-state index in [2.05, 4.69) is 0 Å². The molecule has 0 heterocycles. The first-order chi connectivity index (χ1) is 15.2. The molecule has 0 aliphatic heterocycles. The molecule has 5 rings (SSSR count). The molecule has 156 valence electrons. The smallest absolute Gasteiger partial charge is 0.337 e. The van der Waals surface area contributed by atoms with E-state index < -0.39 is 40.6 Å². The third-order valence-electron chi connectivity index (χ3n) is 5.81. The summed E-state index contributed by atoms with van der Waals surface area (Å²) in [5.41, 5.74) is -2.06. The SMILES string of the molecule is O=C(O)c1c(C(=O)O)c2cccc3c4cccc5c(C(=O)O)ccc(c(c1C(=O)O)c23)c54. The lowest BCUT2D eigenvalue weighted by atomic mass is 9.82. The van der Waals surface area contributed by atoms with Crippen molar-refractivity contribution in [2.75, 3.05) is 0 Å². The molecular formula is C24H12O8. The van der Waals surface area contributed by atoms with Crippen molar-refractivity contribution in [3.63, 3.8) is 0 Å². The fraction of sp³-hybridized carbons (Fsp3) is 0. The number of carboxylic acid groups (broad SMARTS) is 4. The van der Waals surface area contributed by atoms with Gasteiger partial charge in [0.25, 0.3) is 0 Å². The number of rotatable bonds is 4. The summed E-state index contributed by atoms with van der Waals surface area (Å²) in [5, 5.41) is 42.0. The Morgan fingerprint density at radius 3 is 1.53 bits per heavy atom. The Balaban J connectivity index is 2.26. The van der Waals surface area contributed by atoms with Crippen LogP contribution in [0.5, 0.6) is 0 Å². The molecule has 0 aliphatic rings. The third kappa shape index (κ3) is 2.31. The normalized spacial score (nSPS) is 11.5. The van der Waals surface area contributed by atoms with Crippen molar-refractivity contribution in [3.8, 4) is 0 Å². The Labute approximate surface area is 177 Å². The second kappa shape index (κ2) is 6.39. The van der Waals surface area contributed by atoms with Gasteiger partial charge in [-0.15, -0.1) is 0 Å². The molecule has 8 nitrogen and oxygen atoms in total. The van der Waals surface area contributed by atoms with E-state index in [9.17, 15) is 39.6 Å². The summed E-state index contributed by atoms with van der Waals surface area (Å²) in [5.74, 6) is -5.99. The zero-order valence-electron chi connectivity index (χ0n) is 16.0. The highest BCUT2D eigenvalue weighted by atomic mass is 16.4. The van der Waals surface area contributed by atoms with Crippen LogP contribution in [0.25, 0.3) is 43.1 Å². The molecule has 8 heteroatoms. The highest BCUT2D eigenvalue weighted by Crippen LogP contribution is 2.44. The highest BCUT2D eigenvalue weighted by Gasteiger charge is 2.31. The zero-order chi connectivity index (χ0) is 22.9. The summed E-state index contributed by atoms with van der Waals surface area (Å²) in [6, 6.07) is 12.5. The summed E-state index contributed by atoms with van der Waals surface area (Å²) in [6.07, 6.45) is 0. The Morgan fingerprint density at radius 2 is 0.969 bits per heavy atom. The van der Waals surface area contributed by atoms with Gasteiger partial charge in [0.05, 0.1) is 22.3 Å². The summed E-state index contributed by atoms with van der Waals surface area (Å²) in [6.45, 7) is 0. The van der Waals surface area contributed by atoms with Crippen molar-refractivity contribution in [1.29, 1.82) is 0 Å². The van der Waals surface area contributed by atoms with Crippen molar-refractivity contribution in [3.05, 3.63) is 70.8 Å². The number of aromatic carboxylic acids is 4. The number of carbonyl (C=O) groups is 4. The molecule has 4 N–H and O–H groups in total. The van der Waals surface area contributed by atoms with Gasteiger partial charge in [0.15, 0.2) is 0 Å². The molecule has 0 spiro atoms. The van der Waals surface area contributed by atoms with Crippen LogP contribution >= 0.6 is 0 Å². The van der Waals surface area contributed by atoms with Crippen LogP contribution in [-0.4, -0.2) is 44.3 Å². The molecule has 0 aliphatic carbocycles. The Kier molecular flexibility index (Phi) is 3.84. The van der Waals surface area contributed by atoms with Gasteiger partial charge >= 0.3 is 23.9 Å². The van der Waals surface area contributed by atoms with E-state index >= 15 is 0 Å². The van der Waals surface area contributed by atoms with Gasteiger partial charge in [-0.1, -0.05) is 42.5 Å². The Morgan fingerprint density at radius 1 is 0.438 bits per heavy atom. The average molecular weight is 428 g/mol. The molecular weight excluding hydrogens is 416 g/mol. The number of hydrogen-bond donors (Lipinski definition) is 4. The highest BCUT2D eigenvalue weighted by molar-refractivity contribution is 6.39. The number of fused-ring (bicyclic) bond motifs is 2. The van der Waals surface area contributed by atoms with Crippen LogP contribution in [0.3, 0.4) is 0 Å². The maximum atomic E-state index is 12.3. The molecule has 0 amide bonds. The largest absolute Gasteiger partial charge is 0.478 e. The molecule has 0 saturated heterocycles. The van der Waals surface area contributed by atoms with E-state index in [0.29, 0.717) is 32.3 Å². The topological polar surface area (TPSA) is 149 Å². The molecule has 5 aromatic rings. The van der Waals surface area contributed by atoms with Gasteiger partial charge in [0.2, 0.25) is 0 Å².